The number of benzene rings is 3. The predicted molar refractivity (Wildman–Crippen MR) is 183 cm³/mol. The van der Waals surface area contributed by atoms with E-state index in [-0.39, 0.29) is 23.3 Å². The number of aryl methyl sites for hydroxylation is 1. The number of nitrogens with zero attached hydrogens (tertiary/aromatic N) is 5. The standard InChI is InChI=1S/C35H43N7O3/c1-8-40(5)28-18-14-26(15-19-28)34(44)38-30-11-9-10-29(24(30)2)31-22-42(7)35(45)33(37-31)36-27-16-12-25(13-17-27)32(23-43)41(6)21-20-39(3)4/h9-19,22-23,32H,8,20-21H2,1-7H3,(H,36,37)(H,38,44). The molecule has 1 unspecified atom stereocenters. The molecule has 1 atom stereocenters. The van der Waals surface area contributed by atoms with E-state index in [1.807, 2.05) is 107 Å². The summed E-state index contributed by atoms with van der Waals surface area (Å²) in [4.78, 5) is 48.9. The number of hydrogen-bond donors (Lipinski definition) is 2. The third-order valence-corrected chi connectivity index (χ3v) is 7.99. The molecule has 3 aromatic carbocycles. The highest BCUT2D eigenvalue weighted by Crippen LogP contribution is 2.29. The van der Waals surface area contributed by atoms with Gasteiger partial charge in [0, 0.05) is 68.1 Å². The summed E-state index contributed by atoms with van der Waals surface area (Å²) in [5, 5.41) is 6.18. The molecule has 2 N–H and O–H groups in total. The molecule has 1 aromatic heterocycles. The maximum absolute atomic E-state index is 13.1. The highest BCUT2D eigenvalue weighted by Gasteiger charge is 2.18. The van der Waals surface area contributed by atoms with Crippen LogP contribution in [0.5, 0.6) is 0 Å². The first-order valence-corrected chi connectivity index (χ1v) is 15.0. The fraction of sp³-hybridized carbons (Fsp3) is 0.314. The van der Waals surface area contributed by atoms with E-state index in [1.54, 1.807) is 13.2 Å². The third-order valence-electron chi connectivity index (χ3n) is 7.99. The minimum Gasteiger partial charge on any atom is -0.375 e. The van der Waals surface area contributed by atoms with Crippen molar-refractivity contribution in [2.75, 3.05) is 63.4 Å². The highest BCUT2D eigenvalue weighted by molar-refractivity contribution is 6.05. The fourth-order valence-electron chi connectivity index (χ4n) is 4.94. The second kappa shape index (κ2) is 14.8. The van der Waals surface area contributed by atoms with Gasteiger partial charge in [0.25, 0.3) is 11.5 Å². The first-order valence-electron chi connectivity index (χ1n) is 15.0. The molecule has 0 bridgehead atoms. The molecule has 4 rings (SSSR count). The lowest BCUT2D eigenvalue weighted by Gasteiger charge is -2.25. The molecule has 0 fully saturated rings. The monoisotopic (exact) mass is 609 g/mol. The molecular weight excluding hydrogens is 566 g/mol. The van der Waals surface area contributed by atoms with Gasteiger partial charge in [-0.1, -0.05) is 24.3 Å². The van der Waals surface area contributed by atoms with Crippen LogP contribution in [0.15, 0.2) is 77.7 Å². The number of aromatic nitrogens is 2. The lowest BCUT2D eigenvalue weighted by molar-refractivity contribution is -0.112. The Balaban J connectivity index is 1.54. The van der Waals surface area contributed by atoms with Crippen molar-refractivity contribution in [2.45, 2.75) is 19.9 Å². The van der Waals surface area contributed by atoms with E-state index in [2.05, 4.69) is 32.3 Å². The molecule has 45 heavy (non-hydrogen) atoms. The summed E-state index contributed by atoms with van der Waals surface area (Å²) < 4.78 is 1.49. The summed E-state index contributed by atoms with van der Waals surface area (Å²) in [7, 11) is 9.62. The maximum atomic E-state index is 13.1. The van der Waals surface area contributed by atoms with Crippen molar-refractivity contribution in [3.63, 3.8) is 0 Å². The predicted octanol–water partition coefficient (Wildman–Crippen LogP) is 4.94. The number of likely N-dealkylation sites (N-methyl/N-ethyl adjacent to an activating group) is 2. The van der Waals surface area contributed by atoms with Crippen LogP contribution in [-0.2, 0) is 11.8 Å². The van der Waals surface area contributed by atoms with Crippen LogP contribution in [0.2, 0.25) is 0 Å². The molecule has 10 nitrogen and oxygen atoms in total. The smallest absolute Gasteiger partial charge is 0.293 e. The Labute approximate surface area is 265 Å². The molecule has 0 saturated heterocycles. The van der Waals surface area contributed by atoms with Gasteiger partial charge in [-0.3, -0.25) is 14.5 Å². The van der Waals surface area contributed by atoms with Crippen molar-refractivity contribution in [3.05, 3.63) is 100.0 Å². The van der Waals surface area contributed by atoms with Crippen molar-refractivity contribution in [3.8, 4) is 11.3 Å². The van der Waals surface area contributed by atoms with Gasteiger partial charge in [-0.2, -0.15) is 0 Å². The molecule has 4 aromatic rings. The van der Waals surface area contributed by atoms with Crippen LogP contribution in [0.4, 0.5) is 22.9 Å². The van der Waals surface area contributed by atoms with Gasteiger partial charge in [-0.15, -0.1) is 0 Å². The Bertz CT molecular complexity index is 1680. The van der Waals surface area contributed by atoms with Crippen LogP contribution in [-0.4, -0.2) is 79.4 Å². The summed E-state index contributed by atoms with van der Waals surface area (Å²) in [6, 6.07) is 20.2. The number of rotatable bonds is 13. The van der Waals surface area contributed by atoms with Gasteiger partial charge in [0.15, 0.2) is 5.82 Å². The number of amides is 1. The second-order valence-electron chi connectivity index (χ2n) is 11.5. The number of carbonyl (C=O) groups is 2. The quantitative estimate of drug-likeness (QED) is 0.206. The number of carbonyl (C=O) groups excluding carboxylic acids is 2. The van der Waals surface area contributed by atoms with E-state index in [1.165, 1.54) is 4.57 Å². The Morgan fingerprint density at radius 3 is 2.29 bits per heavy atom. The highest BCUT2D eigenvalue weighted by atomic mass is 16.1. The van der Waals surface area contributed by atoms with E-state index in [9.17, 15) is 14.4 Å². The lowest BCUT2D eigenvalue weighted by atomic mass is 10.0. The van der Waals surface area contributed by atoms with Crippen molar-refractivity contribution >= 4 is 35.1 Å². The fourth-order valence-corrected chi connectivity index (χ4v) is 4.94. The minimum absolute atomic E-state index is 0.170. The van der Waals surface area contributed by atoms with Crippen molar-refractivity contribution in [1.82, 2.24) is 19.4 Å². The van der Waals surface area contributed by atoms with Gasteiger partial charge >= 0.3 is 0 Å². The van der Waals surface area contributed by atoms with Gasteiger partial charge in [-0.25, -0.2) is 4.98 Å². The molecule has 236 valence electrons. The van der Waals surface area contributed by atoms with Gasteiger partial charge in [-0.05, 0) is 88.6 Å². The van der Waals surface area contributed by atoms with Crippen LogP contribution in [0.1, 0.15) is 34.5 Å². The first-order chi connectivity index (χ1) is 21.5. The molecule has 1 amide bonds. The molecule has 0 aliphatic rings. The largest absolute Gasteiger partial charge is 0.375 e. The van der Waals surface area contributed by atoms with Gasteiger partial charge < -0.3 is 29.8 Å². The normalized spacial score (nSPS) is 11.8. The molecule has 0 radical (unpaired) electrons. The summed E-state index contributed by atoms with van der Waals surface area (Å²) in [5.74, 6) is -0.0374. The molecule has 0 aliphatic heterocycles. The molecule has 0 aliphatic carbocycles. The van der Waals surface area contributed by atoms with E-state index >= 15 is 0 Å². The topological polar surface area (TPSA) is 103 Å². The van der Waals surface area contributed by atoms with E-state index < -0.39 is 0 Å². The van der Waals surface area contributed by atoms with Crippen LogP contribution in [0.3, 0.4) is 0 Å². The number of hydrogen-bond acceptors (Lipinski definition) is 8. The average molecular weight is 610 g/mol. The van der Waals surface area contributed by atoms with E-state index in [0.717, 1.165) is 48.3 Å². The summed E-state index contributed by atoms with van der Waals surface area (Å²) >= 11 is 0. The summed E-state index contributed by atoms with van der Waals surface area (Å²) in [6.07, 6.45) is 2.63. The molecule has 0 spiro atoms. The van der Waals surface area contributed by atoms with Crippen LogP contribution in [0.25, 0.3) is 11.3 Å². The number of nitrogens with one attached hydrogen (secondary N) is 2. The minimum atomic E-state index is -0.369. The number of anilines is 4. The Morgan fingerprint density at radius 2 is 1.67 bits per heavy atom. The van der Waals surface area contributed by atoms with Crippen molar-refractivity contribution in [2.24, 2.45) is 7.05 Å². The van der Waals surface area contributed by atoms with E-state index in [4.69, 9.17) is 0 Å². The summed E-state index contributed by atoms with van der Waals surface area (Å²) in [6.45, 7) is 6.45. The zero-order valence-corrected chi connectivity index (χ0v) is 27.2. The van der Waals surface area contributed by atoms with Crippen LogP contribution < -0.4 is 21.1 Å². The van der Waals surface area contributed by atoms with Crippen molar-refractivity contribution < 1.29 is 9.59 Å². The summed E-state index contributed by atoms with van der Waals surface area (Å²) in [5.41, 5.74) is 5.72. The zero-order valence-electron chi connectivity index (χ0n) is 27.2. The maximum Gasteiger partial charge on any atom is 0.293 e. The van der Waals surface area contributed by atoms with Gasteiger partial charge in [0.1, 0.15) is 6.29 Å². The molecule has 0 saturated carbocycles. The van der Waals surface area contributed by atoms with E-state index in [0.29, 0.717) is 22.6 Å². The van der Waals surface area contributed by atoms with Gasteiger partial charge in [0.05, 0.1) is 11.7 Å². The molecule has 10 heteroatoms. The van der Waals surface area contributed by atoms with Crippen LogP contribution >= 0.6 is 0 Å². The van der Waals surface area contributed by atoms with Crippen molar-refractivity contribution in [1.29, 1.82) is 0 Å². The molecular formula is C35H43N7O3. The Morgan fingerprint density at radius 1 is 0.978 bits per heavy atom. The Hall–Kier alpha value is -4.80. The molecule has 1 heterocycles. The lowest BCUT2D eigenvalue weighted by Crippen LogP contribution is -2.32. The second-order valence-corrected chi connectivity index (χ2v) is 11.5. The average Bonchev–Trinajstić information content (AvgIpc) is 3.03. The first kappa shape index (κ1) is 33.1. The van der Waals surface area contributed by atoms with Gasteiger partial charge in [0.2, 0.25) is 0 Å². The number of aldehydes is 1. The Kier molecular flexibility index (Phi) is 10.9. The third kappa shape index (κ3) is 8.03. The zero-order chi connectivity index (χ0) is 32.7. The SMILES string of the molecule is CCN(C)c1ccc(C(=O)Nc2cccc(-c3cn(C)c(=O)c(Nc4ccc(C(C=O)N(C)CCN(C)C)cc4)n3)c2C)cc1. The van der Waals surface area contributed by atoms with Crippen LogP contribution in [0, 0.1) is 6.92 Å².